The van der Waals surface area contributed by atoms with Gasteiger partial charge in [-0.25, -0.2) is 9.78 Å². The second-order valence-electron chi connectivity index (χ2n) is 5.43. The fraction of sp³-hybridized carbons (Fsp3) is 0.538. The molecular formula is C13H20N2O2. The van der Waals surface area contributed by atoms with E-state index in [-0.39, 0.29) is 11.4 Å². The van der Waals surface area contributed by atoms with Crippen LogP contribution in [0, 0.1) is 5.41 Å². The van der Waals surface area contributed by atoms with E-state index in [0.717, 1.165) is 5.82 Å². The Morgan fingerprint density at radius 3 is 2.59 bits per heavy atom. The number of carbonyl (C=O) groups is 1. The zero-order chi connectivity index (χ0) is 13.1. The van der Waals surface area contributed by atoms with Crippen molar-refractivity contribution in [3.05, 3.63) is 23.9 Å². The lowest BCUT2D eigenvalue weighted by Crippen LogP contribution is -2.19. The van der Waals surface area contributed by atoms with Gasteiger partial charge in [0.1, 0.15) is 5.82 Å². The molecule has 4 heteroatoms. The minimum absolute atomic E-state index is 0.0208. The molecule has 0 saturated heterocycles. The largest absolute Gasteiger partial charge is 0.462 e. The number of ether oxygens (including phenoxy) is 1. The van der Waals surface area contributed by atoms with Crippen LogP contribution in [0.3, 0.4) is 0 Å². The van der Waals surface area contributed by atoms with E-state index in [9.17, 15) is 4.79 Å². The normalized spacial score (nSPS) is 11.1. The van der Waals surface area contributed by atoms with Crippen LogP contribution >= 0.6 is 0 Å². The SMILES string of the molecule is CN(C)c1cc(C(=O)OCC(C)(C)C)ccn1. The van der Waals surface area contributed by atoms with Crippen LogP contribution in [0.25, 0.3) is 0 Å². The van der Waals surface area contributed by atoms with Crippen LogP contribution < -0.4 is 4.90 Å². The van der Waals surface area contributed by atoms with Gasteiger partial charge in [-0.2, -0.15) is 0 Å². The van der Waals surface area contributed by atoms with Crippen LogP contribution in [-0.4, -0.2) is 31.7 Å². The fourth-order valence-corrected chi connectivity index (χ4v) is 1.16. The van der Waals surface area contributed by atoms with E-state index in [1.165, 1.54) is 0 Å². The topological polar surface area (TPSA) is 42.4 Å². The maximum Gasteiger partial charge on any atom is 0.338 e. The fourth-order valence-electron chi connectivity index (χ4n) is 1.16. The lowest BCUT2D eigenvalue weighted by molar-refractivity contribution is 0.0367. The van der Waals surface area contributed by atoms with Gasteiger partial charge in [-0.1, -0.05) is 20.8 Å². The maximum absolute atomic E-state index is 11.8. The second kappa shape index (κ2) is 5.17. The van der Waals surface area contributed by atoms with Gasteiger partial charge < -0.3 is 9.64 Å². The number of hydrogen-bond donors (Lipinski definition) is 0. The van der Waals surface area contributed by atoms with Crippen molar-refractivity contribution in [1.82, 2.24) is 4.98 Å². The smallest absolute Gasteiger partial charge is 0.338 e. The average molecular weight is 236 g/mol. The molecule has 0 radical (unpaired) electrons. The van der Waals surface area contributed by atoms with Gasteiger partial charge in [-0.3, -0.25) is 0 Å². The van der Waals surface area contributed by atoms with Crippen molar-refractivity contribution in [2.75, 3.05) is 25.6 Å². The molecule has 0 aliphatic carbocycles. The van der Waals surface area contributed by atoms with Crippen molar-refractivity contribution in [3.63, 3.8) is 0 Å². The highest BCUT2D eigenvalue weighted by molar-refractivity contribution is 5.90. The van der Waals surface area contributed by atoms with E-state index < -0.39 is 0 Å². The van der Waals surface area contributed by atoms with Gasteiger partial charge in [-0.05, 0) is 17.5 Å². The van der Waals surface area contributed by atoms with Gasteiger partial charge in [0.15, 0.2) is 0 Å². The third kappa shape index (κ3) is 4.43. The Morgan fingerprint density at radius 2 is 2.06 bits per heavy atom. The summed E-state index contributed by atoms with van der Waals surface area (Å²) < 4.78 is 5.24. The Balaban J connectivity index is 2.72. The first-order valence-electron chi connectivity index (χ1n) is 5.60. The minimum atomic E-state index is -0.301. The average Bonchev–Trinajstić information content (AvgIpc) is 2.25. The lowest BCUT2D eigenvalue weighted by atomic mass is 9.99. The second-order valence-corrected chi connectivity index (χ2v) is 5.43. The first-order chi connectivity index (χ1) is 7.79. The molecule has 0 N–H and O–H groups in total. The number of carbonyl (C=O) groups excluding carboxylic acids is 1. The Hall–Kier alpha value is -1.58. The molecular weight excluding hydrogens is 216 g/mol. The number of hydrogen-bond acceptors (Lipinski definition) is 4. The van der Waals surface area contributed by atoms with Crippen molar-refractivity contribution in [3.8, 4) is 0 Å². The van der Waals surface area contributed by atoms with Crippen molar-refractivity contribution >= 4 is 11.8 Å². The molecule has 17 heavy (non-hydrogen) atoms. The van der Waals surface area contributed by atoms with Crippen molar-refractivity contribution in [2.45, 2.75) is 20.8 Å². The van der Waals surface area contributed by atoms with Crippen LogP contribution in [0.15, 0.2) is 18.3 Å². The first-order valence-corrected chi connectivity index (χ1v) is 5.60. The van der Waals surface area contributed by atoms with Crippen molar-refractivity contribution in [1.29, 1.82) is 0 Å². The van der Waals surface area contributed by atoms with Gasteiger partial charge in [0.25, 0.3) is 0 Å². The zero-order valence-electron chi connectivity index (χ0n) is 11.2. The summed E-state index contributed by atoms with van der Waals surface area (Å²) in [4.78, 5) is 17.8. The van der Waals surface area contributed by atoms with Gasteiger partial charge >= 0.3 is 5.97 Å². The molecule has 0 aliphatic rings. The molecule has 0 aromatic carbocycles. The van der Waals surface area contributed by atoms with E-state index >= 15 is 0 Å². The molecule has 0 amide bonds. The summed E-state index contributed by atoms with van der Waals surface area (Å²) in [5, 5.41) is 0. The third-order valence-electron chi connectivity index (χ3n) is 2.08. The summed E-state index contributed by atoms with van der Waals surface area (Å²) in [6.45, 7) is 6.49. The lowest BCUT2D eigenvalue weighted by Gasteiger charge is -2.18. The van der Waals surface area contributed by atoms with Crippen LogP contribution in [0.1, 0.15) is 31.1 Å². The number of rotatable bonds is 3. The monoisotopic (exact) mass is 236 g/mol. The predicted molar refractivity (Wildman–Crippen MR) is 68.3 cm³/mol. The van der Waals surface area contributed by atoms with Crippen molar-refractivity contribution < 1.29 is 9.53 Å². The number of esters is 1. The molecule has 1 heterocycles. The van der Waals surface area contributed by atoms with E-state index in [1.807, 2.05) is 39.8 Å². The van der Waals surface area contributed by atoms with Crippen LogP contribution in [0.4, 0.5) is 5.82 Å². The molecule has 0 atom stereocenters. The summed E-state index contributed by atoms with van der Waals surface area (Å²) in [6.07, 6.45) is 1.61. The molecule has 0 spiro atoms. The maximum atomic E-state index is 11.8. The zero-order valence-corrected chi connectivity index (χ0v) is 11.2. The summed E-state index contributed by atoms with van der Waals surface area (Å²) in [5.41, 5.74) is 0.514. The number of nitrogens with zero attached hydrogens (tertiary/aromatic N) is 2. The quantitative estimate of drug-likeness (QED) is 0.755. The standard InChI is InChI=1S/C13H20N2O2/c1-13(2,3)9-17-12(16)10-6-7-14-11(8-10)15(4)5/h6-8H,9H2,1-5H3. The van der Waals surface area contributed by atoms with E-state index in [0.29, 0.717) is 12.2 Å². The molecule has 1 rings (SSSR count). The molecule has 4 nitrogen and oxygen atoms in total. The van der Waals surface area contributed by atoms with Gasteiger partial charge in [0.05, 0.1) is 12.2 Å². The first kappa shape index (κ1) is 13.5. The van der Waals surface area contributed by atoms with Crippen molar-refractivity contribution in [2.24, 2.45) is 5.41 Å². The van der Waals surface area contributed by atoms with Gasteiger partial charge in [-0.15, -0.1) is 0 Å². The highest BCUT2D eigenvalue weighted by Gasteiger charge is 2.15. The Bertz CT molecular complexity index is 395. The van der Waals surface area contributed by atoms with Crippen LogP contribution in [-0.2, 0) is 4.74 Å². The van der Waals surface area contributed by atoms with E-state index in [1.54, 1.807) is 18.3 Å². The summed E-state index contributed by atoms with van der Waals surface area (Å²) in [7, 11) is 3.76. The molecule has 1 aromatic heterocycles. The number of anilines is 1. The highest BCUT2D eigenvalue weighted by Crippen LogP contribution is 2.15. The van der Waals surface area contributed by atoms with E-state index in [2.05, 4.69) is 4.98 Å². The summed E-state index contributed by atoms with van der Waals surface area (Å²) in [6, 6.07) is 3.39. The Morgan fingerprint density at radius 1 is 1.41 bits per heavy atom. The van der Waals surface area contributed by atoms with Gasteiger partial charge in [0.2, 0.25) is 0 Å². The van der Waals surface area contributed by atoms with Crippen LogP contribution in [0.2, 0.25) is 0 Å². The molecule has 0 aliphatic heterocycles. The van der Waals surface area contributed by atoms with Crippen LogP contribution in [0.5, 0.6) is 0 Å². The van der Waals surface area contributed by atoms with Gasteiger partial charge in [0, 0.05) is 20.3 Å². The number of aromatic nitrogens is 1. The summed E-state index contributed by atoms with van der Waals surface area (Å²) in [5.74, 6) is 0.445. The molecule has 0 bridgehead atoms. The minimum Gasteiger partial charge on any atom is -0.462 e. The Kier molecular flexibility index (Phi) is 4.10. The predicted octanol–water partition coefficient (Wildman–Crippen LogP) is 2.35. The third-order valence-corrected chi connectivity index (χ3v) is 2.08. The Labute approximate surface area is 103 Å². The number of pyridine rings is 1. The molecule has 0 saturated carbocycles. The van der Waals surface area contributed by atoms with E-state index in [4.69, 9.17) is 4.74 Å². The molecule has 0 unspecified atom stereocenters. The molecule has 1 aromatic rings. The summed E-state index contributed by atoms with van der Waals surface area (Å²) >= 11 is 0. The molecule has 94 valence electrons. The molecule has 0 fully saturated rings. The highest BCUT2D eigenvalue weighted by atomic mass is 16.5.